The van der Waals surface area contributed by atoms with E-state index in [9.17, 15) is 0 Å². The van der Waals surface area contributed by atoms with E-state index in [0.717, 1.165) is 73.3 Å². The lowest BCUT2D eigenvalue weighted by molar-refractivity contribution is 1.26. The second-order valence-corrected chi connectivity index (χ2v) is 13.4. The summed E-state index contributed by atoms with van der Waals surface area (Å²) in [5.41, 5.74) is 10.9. The van der Waals surface area contributed by atoms with E-state index in [-0.39, 0.29) is 0 Å². The third-order valence-corrected chi connectivity index (χ3v) is 9.99. The molecular formula is C46H27N5S3. The molecule has 54 heavy (non-hydrogen) atoms. The van der Waals surface area contributed by atoms with Gasteiger partial charge in [0, 0.05) is 85.0 Å². The summed E-state index contributed by atoms with van der Waals surface area (Å²) in [6.07, 6.45) is 6.92. The normalized spacial score (nSPS) is 10.3. The van der Waals surface area contributed by atoms with E-state index in [2.05, 4.69) is 103 Å². The van der Waals surface area contributed by atoms with E-state index in [4.69, 9.17) is 29.6 Å². The molecule has 0 aliphatic carbocycles. The number of benzene rings is 5. The van der Waals surface area contributed by atoms with Gasteiger partial charge < -0.3 is 4.90 Å². The highest BCUT2D eigenvalue weighted by Crippen LogP contribution is 2.42. The van der Waals surface area contributed by atoms with Crippen molar-refractivity contribution >= 4 is 65.1 Å². The average Bonchev–Trinajstić information content (AvgIpc) is 3.71. The maximum absolute atomic E-state index is 5.00. The van der Waals surface area contributed by atoms with Crippen molar-refractivity contribution in [3.63, 3.8) is 0 Å². The molecule has 8 rings (SSSR count). The minimum Gasteiger partial charge on any atom is -0.311 e. The van der Waals surface area contributed by atoms with Gasteiger partial charge in [0.15, 0.2) is 0 Å². The summed E-state index contributed by atoms with van der Waals surface area (Å²) >= 11 is 11.1. The SMILES string of the molecule is Sc1c(S)c(-c2ccc(N(c3ccccc3)c3ccccc3)cc2)c2nsnc2c1C#Cc1cc(C#Cc2cccnc2)cc(C#Cc2cccnc2)c1. The first-order valence-electron chi connectivity index (χ1n) is 16.8. The van der Waals surface area contributed by atoms with Crippen LogP contribution in [0.15, 0.2) is 162 Å². The molecule has 0 bridgehead atoms. The van der Waals surface area contributed by atoms with Crippen LogP contribution in [-0.2, 0) is 0 Å². The van der Waals surface area contributed by atoms with Crippen LogP contribution in [0.25, 0.3) is 22.2 Å². The number of thiol groups is 2. The summed E-state index contributed by atoms with van der Waals surface area (Å²) in [5, 5.41) is 0. The number of nitrogens with zero attached hydrogens (tertiary/aromatic N) is 5. The zero-order valence-corrected chi connectivity index (χ0v) is 31.1. The molecule has 0 saturated carbocycles. The fraction of sp³-hybridized carbons (Fsp3) is 0. The van der Waals surface area contributed by atoms with Crippen molar-refractivity contribution in [2.45, 2.75) is 9.79 Å². The molecule has 0 aliphatic heterocycles. The van der Waals surface area contributed by atoms with Crippen LogP contribution in [0.2, 0.25) is 0 Å². The molecule has 0 saturated heterocycles. The summed E-state index contributed by atoms with van der Waals surface area (Å²) in [7, 11) is 0. The Morgan fingerprint density at radius 3 is 1.46 bits per heavy atom. The van der Waals surface area contributed by atoms with Crippen molar-refractivity contribution < 1.29 is 0 Å². The number of rotatable bonds is 4. The first-order valence-corrected chi connectivity index (χ1v) is 18.5. The van der Waals surface area contributed by atoms with Crippen LogP contribution in [-0.4, -0.2) is 18.7 Å². The Hall–Kier alpha value is -6.60. The van der Waals surface area contributed by atoms with Gasteiger partial charge in [-0.3, -0.25) is 9.97 Å². The standard InChI is InChI=1S/C46H27N5S3/c52-45-41(24-19-36-28-34(17-15-32-9-7-25-47-30-32)27-35(29-36)18-16-33-10-8-26-48-31-33)43-44(50-54-49-43)42(46(45)53)37-20-22-40(23-21-37)51(38-11-3-1-4-12-38)39-13-5-2-6-14-39/h1-14,20-23,25-31,52-53H. The molecular weight excluding hydrogens is 719 g/mol. The third-order valence-electron chi connectivity index (χ3n) is 8.39. The second kappa shape index (κ2) is 16.0. The van der Waals surface area contributed by atoms with Crippen molar-refractivity contribution in [2.75, 3.05) is 4.90 Å². The van der Waals surface area contributed by atoms with Gasteiger partial charge in [-0.05, 0) is 84.4 Å². The van der Waals surface area contributed by atoms with Crippen LogP contribution in [0.3, 0.4) is 0 Å². The summed E-state index contributed by atoms with van der Waals surface area (Å²) in [5.74, 6) is 19.6. The molecule has 3 heterocycles. The van der Waals surface area contributed by atoms with Gasteiger partial charge in [0.05, 0.1) is 17.3 Å². The molecule has 0 amide bonds. The summed E-state index contributed by atoms with van der Waals surface area (Å²) in [6.45, 7) is 0. The van der Waals surface area contributed by atoms with Crippen LogP contribution in [0.4, 0.5) is 17.1 Å². The Morgan fingerprint density at radius 2 is 0.944 bits per heavy atom. The largest absolute Gasteiger partial charge is 0.311 e. The molecule has 5 aromatic carbocycles. The quantitative estimate of drug-likeness (QED) is 0.139. The maximum Gasteiger partial charge on any atom is 0.122 e. The fourth-order valence-electron chi connectivity index (χ4n) is 5.89. The van der Waals surface area contributed by atoms with Crippen molar-refractivity contribution in [3.8, 4) is 46.6 Å². The summed E-state index contributed by atoms with van der Waals surface area (Å²) in [6, 6.07) is 42.5. The van der Waals surface area contributed by atoms with Crippen molar-refractivity contribution in [1.82, 2.24) is 18.7 Å². The van der Waals surface area contributed by atoms with Gasteiger partial charge in [0.25, 0.3) is 0 Å². The van der Waals surface area contributed by atoms with Gasteiger partial charge in [-0.25, -0.2) is 0 Å². The van der Waals surface area contributed by atoms with E-state index in [1.807, 2.05) is 78.9 Å². The molecule has 0 radical (unpaired) electrons. The first-order chi connectivity index (χ1) is 26.6. The lowest BCUT2D eigenvalue weighted by Gasteiger charge is -2.25. The molecule has 8 heteroatoms. The van der Waals surface area contributed by atoms with Crippen LogP contribution in [0.5, 0.6) is 0 Å². The van der Waals surface area contributed by atoms with Crippen molar-refractivity contribution in [1.29, 1.82) is 0 Å². The number of hydrogen-bond acceptors (Lipinski definition) is 8. The molecule has 5 nitrogen and oxygen atoms in total. The number of para-hydroxylation sites is 2. The Morgan fingerprint density at radius 1 is 0.463 bits per heavy atom. The van der Waals surface area contributed by atoms with E-state index < -0.39 is 0 Å². The predicted molar refractivity (Wildman–Crippen MR) is 225 cm³/mol. The number of hydrogen-bond donors (Lipinski definition) is 2. The van der Waals surface area contributed by atoms with Crippen molar-refractivity contribution in [2.24, 2.45) is 0 Å². The maximum atomic E-state index is 5.00. The fourth-order valence-corrected chi connectivity index (χ4v) is 7.07. The molecule has 0 fully saturated rings. The number of pyridine rings is 2. The lowest BCUT2D eigenvalue weighted by atomic mass is 10.00. The smallest absolute Gasteiger partial charge is 0.122 e. The monoisotopic (exact) mass is 745 g/mol. The zero-order chi connectivity index (χ0) is 36.7. The first kappa shape index (κ1) is 34.5. The summed E-state index contributed by atoms with van der Waals surface area (Å²) in [4.78, 5) is 11.9. The van der Waals surface area contributed by atoms with Crippen LogP contribution < -0.4 is 4.90 Å². The molecule has 3 aromatic heterocycles. The van der Waals surface area contributed by atoms with E-state index in [0.29, 0.717) is 20.9 Å². The van der Waals surface area contributed by atoms with Gasteiger partial charge in [-0.2, -0.15) is 8.75 Å². The van der Waals surface area contributed by atoms with Crippen LogP contribution >= 0.6 is 37.0 Å². The molecule has 8 aromatic rings. The van der Waals surface area contributed by atoms with Crippen LogP contribution in [0, 0.1) is 35.5 Å². The number of anilines is 3. The molecule has 0 N–H and O–H groups in total. The topological polar surface area (TPSA) is 54.8 Å². The molecule has 0 aliphatic rings. The van der Waals surface area contributed by atoms with Gasteiger partial charge >= 0.3 is 0 Å². The van der Waals surface area contributed by atoms with Gasteiger partial charge in [0.1, 0.15) is 11.0 Å². The lowest BCUT2D eigenvalue weighted by Crippen LogP contribution is -2.09. The highest BCUT2D eigenvalue weighted by atomic mass is 32.1. The summed E-state index contributed by atoms with van der Waals surface area (Å²) < 4.78 is 9.41. The van der Waals surface area contributed by atoms with E-state index in [1.165, 1.54) is 0 Å². The molecule has 0 unspecified atom stereocenters. The molecule has 0 spiro atoms. The highest BCUT2D eigenvalue weighted by Gasteiger charge is 2.20. The van der Waals surface area contributed by atoms with E-state index >= 15 is 0 Å². The second-order valence-electron chi connectivity index (χ2n) is 12.0. The number of fused-ring (bicyclic) bond motifs is 1. The molecule has 0 atom stereocenters. The zero-order valence-electron chi connectivity index (χ0n) is 28.5. The van der Waals surface area contributed by atoms with Crippen LogP contribution in [0.1, 0.15) is 33.4 Å². The minimum atomic E-state index is 0.629. The highest BCUT2D eigenvalue weighted by molar-refractivity contribution is 7.83. The van der Waals surface area contributed by atoms with Gasteiger partial charge in [-0.15, -0.1) is 25.3 Å². The Labute approximate surface area is 329 Å². The Bertz CT molecular complexity index is 2670. The van der Waals surface area contributed by atoms with Gasteiger partial charge in [-0.1, -0.05) is 84.1 Å². The minimum absolute atomic E-state index is 0.629. The Kier molecular flexibility index (Phi) is 10.2. The number of aromatic nitrogens is 4. The predicted octanol–water partition coefficient (Wildman–Crippen LogP) is 10.4. The van der Waals surface area contributed by atoms with Crippen molar-refractivity contribution in [3.05, 3.63) is 186 Å². The average molecular weight is 746 g/mol. The third kappa shape index (κ3) is 7.62. The van der Waals surface area contributed by atoms with E-state index in [1.54, 1.807) is 24.8 Å². The molecule has 254 valence electrons. The van der Waals surface area contributed by atoms with Gasteiger partial charge in [0.2, 0.25) is 0 Å². The Balaban J connectivity index is 1.17.